The number of rotatable bonds is 4. The van der Waals surface area contributed by atoms with E-state index in [4.69, 9.17) is 4.74 Å². The number of pyridine rings is 1. The summed E-state index contributed by atoms with van der Waals surface area (Å²) < 4.78 is 6.89. The predicted octanol–water partition coefficient (Wildman–Crippen LogP) is 3.31. The molecule has 0 saturated carbocycles. The van der Waals surface area contributed by atoms with E-state index in [1.54, 1.807) is 6.20 Å². The van der Waals surface area contributed by atoms with Crippen LogP contribution in [0.15, 0.2) is 42.6 Å². The Hall–Kier alpha value is -1.30. The molecule has 0 fully saturated rings. The molecule has 0 unspecified atom stereocenters. The first-order valence-corrected chi connectivity index (χ1v) is 6.38. The van der Waals surface area contributed by atoms with Gasteiger partial charge in [-0.25, -0.2) is 4.98 Å². The zero-order valence-corrected chi connectivity index (χ0v) is 11.6. The van der Waals surface area contributed by atoms with Gasteiger partial charge in [0.05, 0.1) is 3.57 Å². The largest absolute Gasteiger partial charge is 0.488 e. The highest BCUT2D eigenvalue weighted by Crippen LogP contribution is 2.22. The standard InChI is InChI=1S/C13H13IN2O/c1-15-13-10(5-4-8-16-13)9-17-12-7-3-2-6-11(12)14/h2-8H,9H2,1H3,(H,15,16). The summed E-state index contributed by atoms with van der Waals surface area (Å²) in [6.45, 7) is 0.518. The Bertz CT molecular complexity index is 502. The maximum absolute atomic E-state index is 5.78. The molecule has 0 saturated heterocycles. The fraction of sp³-hybridized carbons (Fsp3) is 0.154. The highest BCUT2D eigenvalue weighted by Gasteiger charge is 2.04. The first kappa shape index (κ1) is 12.2. The molecule has 0 aliphatic heterocycles. The van der Waals surface area contributed by atoms with Crippen LogP contribution in [0.5, 0.6) is 5.75 Å². The van der Waals surface area contributed by atoms with Crippen molar-refractivity contribution in [3.63, 3.8) is 0 Å². The van der Waals surface area contributed by atoms with Gasteiger partial charge in [-0.15, -0.1) is 0 Å². The van der Waals surface area contributed by atoms with Crippen LogP contribution in [0.4, 0.5) is 5.82 Å². The van der Waals surface area contributed by atoms with E-state index in [-0.39, 0.29) is 0 Å². The van der Waals surface area contributed by atoms with Gasteiger partial charge in [-0.05, 0) is 40.8 Å². The molecule has 1 aromatic heterocycles. The summed E-state index contributed by atoms with van der Waals surface area (Å²) in [7, 11) is 1.86. The van der Waals surface area contributed by atoms with Gasteiger partial charge in [-0.1, -0.05) is 18.2 Å². The van der Waals surface area contributed by atoms with Crippen LogP contribution in [0.3, 0.4) is 0 Å². The van der Waals surface area contributed by atoms with Crippen molar-refractivity contribution in [3.05, 3.63) is 51.7 Å². The fourth-order valence-corrected chi connectivity index (χ4v) is 2.04. The number of benzene rings is 1. The number of hydrogen-bond donors (Lipinski definition) is 1. The van der Waals surface area contributed by atoms with Crippen molar-refractivity contribution in [3.8, 4) is 5.75 Å². The van der Waals surface area contributed by atoms with E-state index in [9.17, 15) is 0 Å². The number of ether oxygens (including phenoxy) is 1. The molecule has 0 radical (unpaired) electrons. The van der Waals surface area contributed by atoms with Crippen molar-refractivity contribution in [1.82, 2.24) is 4.98 Å². The third kappa shape index (κ3) is 3.09. The summed E-state index contributed by atoms with van der Waals surface area (Å²) in [4.78, 5) is 4.24. The summed E-state index contributed by atoms with van der Waals surface area (Å²) >= 11 is 2.26. The Kier molecular flexibility index (Phi) is 4.19. The summed E-state index contributed by atoms with van der Waals surface area (Å²) in [5, 5.41) is 3.05. The Morgan fingerprint density at radius 2 is 2.06 bits per heavy atom. The highest BCUT2D eigenvalue weighted by molar-refractivity contribution is 14.1. The van der Waals surface area contributed by atoms with Crippen LogP contribution in [0, 0.1) is 3.57 Å². The molecule has 0 aliphatic carbocycles. The molecule has 17 heavy (non-hydrogen) atoms. The van der Waals surface area contributed by atoms with Crippen molar-refractivity contribution in [1.29, 1.82) is 0 Å². The fourth-order valence-electron chi connectivity index (χ4n) is 1.50. The van der Waals surface area contributed by atoms with Gasteiger partial charge < -0.3 is 10.1 Å². The molecule has 0 amide bonds. The molecular weight excluding hydrogens is 327 g/mol. The maximum atomic E-state index is 5.78. The molecule has 4 heteroatoms. The average molecular weight is 340 g/mol. The van der Waals surface area contributed by atoms with Gasteiger partial charge in [0, 0.05) is 18.8 Å². The van der Waals surface area contributed by atoms with E-state index >= 15 is 0 Å². The van der Waals surface area contributed by atoms with Gasteiger partial charge in [0.1, 0.15) is 18.2 Å². The van der Waals surface area contributed by atoms with Crippen LogP contribution >= 0.6 is 22.6 Å². The van der Waals surface area contributed by atoms with Crippen molar-refractivity contribution >= 4 is 28.4 Å². The molecular formula is C13H13IN2O. The van der Waals surface area contributed by atoms with Crippen molar-refractivity contribution < 1.29 is 4.74 Å². The highest BCUT2D eigenvalue weighted by atomic mass is 127. The van der Waals surface area contributed by atoms with Crippen LogP contribution in [-0.4, -0.2) is 12.0 Å². The molecule has 0 aliphatic rings. The predicted molar refractivity (Wildman–Crippen MR) is 77.3 cm³/mol. The summed E-state index contributed by atoms with van der Waals surface area (Å²) in [5.41, 5.74) is 1.05. The van der Waals surface area contributed by atoms with E-state index in [0.717, 1.165) is 20.7 Å². The Morgan fingerprint density at radius 1 is 1.24 bits per heavy atom. The lowest BCUT2D eigenvalue weighted by Gasteiger charge is -2.10. The molecule has 0 atom stereocenters. The number of aromatic nitrogens is 1. The lowest BCUT2D eigenvalue weighted by molar-refractivity contribution is 0.304. The zero-order valence-electron chi connectivity index (χ0n) is 9.48. The van der Waals surface area contributed by atoms with Gasteiger partial charge in [0.15, 0.2) is 0 Å². The SMILES string of the molecule is CNc1ncccc1COc1ccccc1I. The molecule has 2 aromatic rings. The normalized spacial score (nSPS) is 10.0. The van der Waals surface area contributed by atoms with Gasteiger partial charge >= 0.3 is 0 Å². The smallest absolute Gasteiger partial charge is 0.133 e. The minimum Gasteiger partial charge on any atom is -0.488 e. The van der Waals surface area contributed by atoms with Gasteiger partial charge in [0.2, 0.25) is 0 Å². The topological polar surface area (TPSA) is 34.2 Å². The van der Waals surface area contributed by atoms with Crippen molar-refractivity contribution in [2.24, 2.45) is 0 Å². The quantitative estimate of drug-likeness (QED) is 0.868. The van der Waals surface area contributed by atoms with Crippen LogP contribution in [-0.2, 0) is 6.61 Å². The zero-order chi connectivity index (χ0) is 12.1. The third-order valence-corrected chi connectivity index (χ3v) is 3.24. The van der Waals surface area contributed by atoms with Crippen molar-refractivity contribution in [2.75, 3.05) is 12.4 Å². The Balaban J connectivity index is 2.10. The van der Waals surface area contributed by atoms with E-state index in [0.29, 0.717) is 6.61 Å². The summed E-state index contributed by atoms with van der Waals surface area (Å²) in [5.74, 6) is 1.76. The molecule has 88 valence electrons. The van der Waals surface area contributed by atoms with Gasteiger partial charge in [0.25, 0.3) is 0 Å². The molecule has 3 nitrogen and oxygen atoms in total. The average Bonchev–Trinajstić information content (AvgIpc) is 2.38. The second kappa shape index (κ2) is 5.86. The van der Waals surface area contributed by atoms with E-state index in [1.807, 2.05) is 43.4 Å². The van der Waals surface area contributed by atoms with Gasteiger partial charge in [-0.2, -0.15) is 0 Å². The number of para-hydroxylation sites is 1. The lowest BCUT2D eigenvalue weighted by Crippen LogP contribution is -2.02. The molecule has 2 rings (SSSR count). The summed E-state index contributed by atoms with van der Waals surface area (Å²) in [6.07, 6.45) is 1.77. The number of halogens is 1. The van der Waals surface area contributed by atoms with E-state index in [1.165, 1.54) is 0 Å². The first-order valence-electron chi connectivity index (χ1n) is 5.30. The molecule has 0 bridgehead atoms. The van der Waals surface area contributed by atoms with E-state index in [2.05, 4.69) is 32.9 Å². The third-order valence-electron chi connectivity index (χ3n) is 2.35. The monoisotopic (exact) mass is 340 g/mol. The number of nitrogens with zero attached hydrogens (tertiary/aromatic N) is 1. The molecule has 1 N–H and O–H groups in total. The van der Waals surface area contributed by atoms with Crippen LogP contribution in [0.25, 0.3) is 0 Å². The number of nitrogens with one attached hydrogen (secondary N) is 1. The lowest BCUT2D eigenvalue weighted by atomic mass is 10.2. The molecule has 1 heterocycles. The second-order valence-electron chi connectivity index (χ2n) is 3.48. The minimum atomic E-state index is 0.518. The molecule has 1 aromatic carbocycles. The number of anilines is 1. The van der Waals surface area contributed by atoms with Crippen molar-refractivity contribution in [2.45, 2.75) is 6.61 Å². The Morgan fingerprint density at radius 3 is 2.82 bits per heavy atom. The van der Waals surface area contributed by atoms with Crippen LogP contribution < -0.4 is 10.1 Å². The summed E-state index contributed by atoms with van der Waals surface area (Å²) in [6, 6.07) is 11.9. The number of hydrogen-bond acceptors (Lipinski definition) is 3. The first-order chi connectivity index (χ1) is 8.31. The second-order valence-corrected chi connectivity index (χ2v) is 4.64. The van der Waals surface area contributed by atoms with Gasteiger partial charge in [-0.3, -0.25) is 0 Å². The molecule has 0 spiro atoms. The Labute approximate surface area is 114 Å². The minimum absolute atomic E-state index is 0.518. The maximum Gasteiger partial charge on any atom is 0.133 e. The van der Waals surface area contributed by atoms with Crippen LogP contribution in [0.2, 0.25) is 0 Å². The van der Waals surface area contributed by atoms with Crippen LogP contribution in [0.1, 0.15) is 5.56 Å². The van der Waals surface area contributed by atoms with E-state index < -0.39 is 0 Å².